The summed E-state index contributed by atoms with van der Waals surface area (Å²) >= 11 is 0. The van der Waals surface area contributed by atoms with Crippen LogP contribution in [0.25, 0.3) is 5.65 Å². The van der Waals surface area contributed by atoms with Gasteiger partial charge in [-0.15, -0.1) is 5.10 Å². The Labute approximate surface area is 121 Å². The zero-order valence-electron chi connectivity index (χ0n) is 11.7. The number of aromatic nitrogens is 3. The van der Waals surface area contributed by atoms with Crippen LogP contribution < -0.4 is 16.7 Å². The average Bonchev–Trinajstić information content (AvgIpc) is 3.29. The molecule has 1 fully saturated rings. The molecule has 1 amide bonds. The highest BCUT2D eigenvalue weighted by atomic mass is 16.2. The maximum atomic E-state index is 12.0. The summed E-state index contributed by atoms with van der Waals surface area (Å²) in [6.45, 7) is 0.735. The fraction of sp³-hybridized carbons (Fsp3) is 0.500. The molecule has 0 aliphatic heterocycles. The average molecular weight is 289 g/mol. The number of nitrogens with two attached hydrogens (primary N) is 1. The number of pyridine rings is 1. The van der Waals surface area contributed by atoms with Crippen LogP contribution in [0.1, 0.15) is 19.3 Å². The van der Waals surface area contributed by atoms with E-state index in [1.165, 1.54) is 9.08 Å². The van der Waals surface area contributed by atoms with Crippen molar-refractivity contribution in [3.63, 3.8) is 0 Å². The van der Waals surface area contributed by atoms with E-state index in [0.717, 1.165) is 12.8 Å². The Hall–Kier alpha value is -2.15. The van der Waals surface area contributed by atoms with Crippen LogP contribution in [-0.2, 0) is 11.3 Å². The van der Waals surface area contributed by atoms with Crippen LogP contribution >= 0.6 is 0 Å². The lowest BCUT2D eigenvalue weighted by molar-refractivity contribution is -0.122. The minimum atomic E-state index is -0.226. The largest absolute Gasteiger partial charge is 0.352 e. The zero-order chi connectivity index (χ0) is 14.8. The van der Waals surface area contributed by atoms with Gasteiger partial charge in [0.2, 0.25) is 5.91 Å². The van der Waals surface area contributed by atoms with Gasteiger partial charge >= 0.3 is 5.69 Å². The van der Waals surface area contributed by atoms with Crippen LogP contribution in [0.15, 0.2) is 29.2 Å². The molecule has 2 heterocycles. The predicted octanol–water partition coefficient (Wildman–Crippen LogP) is -0.260. The zero-order valence-corrected chi connectivity index (χ0v) is 11.7. The van der Waals surface area contributed by atoms with E-state index < -0.39 is 0 Å². The van der Waals surface area contributed by atoms with Crippen LogP contribution in [-0.4, -0.2) is 32.7 Å². The van der Waals surface area contributed by atoms with Crippen molar-refractivity contribution in [3.05, 3.63) is 34.9 Å². The number of nitrogens with one attached hydrogen (secondary N) is 1. The van der Waals surface area contributed by atoms with E-state index in [0.29, 0.717) is 18.1 Å². The number of carbonyl (C=O) groups is 1. The normalized spacial score (nSPS) is 16.0. The molecule has 7 heteroatoms. The molecule has 3 rings (SSSR count). The van der Waals surface area contributed by atoms with Crippen LogP contribution in [0.5, 0.6) is 0 Å². The molecule has 0 saturated heterocycles. The number of aryl methyl sites for hydroxylation is 1. The van der Waals surface area contributed by atoms with Crippen molar-refractivity contribution in [1.29, 1.82) is 0 Å². The van der Waals surface area contributed by atoms with Gasteiger partial charge in [0.15, 0.2) is 5.65 Å². The molecule has 0 radical (unpaired) electrons. The molecule has 2 aromatic rings. The van der Waals surface area contributed by atoms with E-state index in [-0.39, 0.29) is 30.6 Å². The number of hydrogen-bond donors (Lipinski definition) is 2. The highest BCUT2D eigenvalue weighted by Gasteiger charge is 2.31. The summed E-state index contributed by atoms with van der Waals surface area (Å²) in [5.74, 6) is 0.443. The highest BCUT2D eigenvalue weighted by Crippen LogP contribution is 2.32. The van der Waals surface area contributed by atoms with Gasteiger partial charge in [-0.2, -0.15) is 0 Å². The molecule has 1 saturated carbocycles. The number of hydrogen-bond acceptors (Lipinski definition) is 4. The SMILES string of the molecule is NCC(NC(=O)CCn1nc2ccccn2c1=O)C1CC1. The molecule has 1 aliphatic carbocycles. The van der Waals surface area contributed by atoms with Crippen LogP contribution in [0.4, 0.5) is 0 Å². The van der Waals surface area contributed by atoms with Crippen molar-refractivity contribution in [2.75, 3.05) is 6.54 Å². The monoisotopic (exact) mass is 289 g/mol. The first-order chi connectivity index (χ1) is 10.2. The van der Waals surface area contributed by atoms with E-state index in [1.54, 1.807) is 18.3 Å². The Morgan fingerprint density at radius 2 is 2.29 bits per heavy atom. The standard InChI is InChI=1S/C14H19N5O2/c15-9-11(10-4-5-10)16-13(20)6-8-19-14(21)18-7-2-1-3-12(18)17-19/h1-3,7,10-11H,4-6,8-9,15H2,(H,16,20). The van der Waals surface area contributed by atoms with Gasteiger partial charge < -0.3 is 11.1 Å². The third-order valence-electron chi connectivity index (χ3n) is 3.83. The number of carbonyl (C=O) groups excluding carboxylic acids is 1. The van der Waals surface area contributed by atoms with Crippen LogP contribution in [0, 0.1) is 5.92 Å². The van der Waals surface area contributed by atoms with Crippen molar-refractivity contribution < 1.29 is 4.79 Å². The van der Waals surface area contributed by atoms with Crippen molar-refractivity contribution in [1.82, 2.24) is 19.5 Å². The molecule has 3 N–H and O–H groups in total. The summed E-state index contributed by atoms with van der Waals surface area (Å²) in [6.07, 6.45) is 4.16. The predicted molar refractivity (Wildman–Crippen MR) is 77.8 cm³/mol. The first-order valence-corrected chi connectivity index (χ1v) is 7.22. The fourth-order valence-electron chi connectivity index (χ4n) is 2.47. The van der Waals surface area contributed by atoms with Gasteiger partial charge in [0.1, 0.15) is 0 Å². The van der Waals surface area contributed by atoms with E-state index in [2.05, 4.69) is 10.4 Å². The summed E-state index contributed by atoms with van der Waals surface area (Å²) in [4.78, 5) is 24.0. The lowest BCUT2D eigenvalue weighted by Crippen LogP contribution is -2.42. The minimum Gasteiger partial charge on any atom is -0.352 e. The molecule has 1 aliphatic rings. The highest BCUT2D eigenvalue weighted by molar-refractivity contribution is 5.76. The van der Waals surface area contributed by atoms with Crippen molar-refractivity contribution >= 4 is 11.6 Å². The van der Waals surface area contributed by atoms with Crippen molar-refractivity contribution in [3.8, 4) is 0 Å². The Morgan fingerprint density at radius 3 is 2.95 bits per heavy atom. The van der Waals surface area contributed by atoms with E-state index in [1.807, 2.05) is 6.07 Å². The second-order valence-corrected chi connectivity index (χ2v) is 5.43. The van der Waals surface area contributed by atoms with Gasteiger partial charge in [-0.25, -0.2) is 9.48 Å². The quantitative estimate of drug-likeness (QED) is 0.766. The van der Waals surface area contributed by atoms with Gasteiger partial charge in [0, 0.05) is 25.2 Å². The van der Waals surface area contributed by atoms with Crippen LogP contribution in [0.3, 0.4) is 0 Å². The molecule has 21 heavy (non-hydrogen) atoms. The van der Waals surface area contributed by atoms with E-state index in [9.17, 15) is 9.59 Å². The lowest BCUT2D eigenvalue weighted by atomic mass is 10.2. The van der Waals surface area contributed by atoms with E-state index >= 15 is 0 Å². The molecule has 0 aromatic carbocycles. The third kappa shape index (κ3) is 2.97. The molecule has 1 unspecified atom stereocenters. The van der Waals surface area contributed by atoms with Gasteiger partial charge in [-0.05, 0) is 30.9 Å². The Morgan fingerprint density at radius 1 is 1.48 bits per heavy atom. The number of amides is 1. The number of rotatable bonds is 6. The summed E-state index contributed by atoms with van der Waals surface area (Å²) in [7, 11) is 0. The topological polar surface area (TPSA) is 94.4 Å². The summed E-state index contributed by atoms with van der Waals surface area (Å²) in [5.41, 5.74) is 6.02. The van der Waals surface area contributed by atoms with Gasteiger partial charge in [0.05, 0.1) is 6.54 Å². The van der Waals surface area contributed by atoms with Crippen LogP contribution in [0.2, 0.25) is 0 Å². The molecule has 112 valence electrons. The Bertz CT molecular complexity index is 701. The van der Waals surface area contributed by atoms with Gasteiger partial charge in [-0.3, -0.25) is 9.20 Å². The Balaban J connectivity index is 1.62. The third-order valence-corrected chi connectivity index (χ3v) is 3.83. The molecule has 2 aromatic heterocycles. The summed E-state index contributed by atoms with van der Waals surface area (Å²) in [5, 5.41) is 7.13. The van der Waals surface area contributed by atoms with Crippen molar-refractivity contribution in [2.24, 2.45) is 11.7 Å². The molecular weight excluding hydrogens is 270 g/mol. The smallest absolute Gasteiger partial charge is 0.350 e. The van der Waals surface area contributed by atoms with E-state index in [4.69, 9.17) is 5.73 Å². The summed E-state index contributed by atoms with van der Waals surface area (Å²) < 4.78 is 2.79. The lowest BCUT2D eigenvalue weighted by Gasteiger charge is -2.15. The number of fused-ring (bicyclic) bond motifs is 1. The second-order valence-electron chi connectivity index (χ2n) is 5.43. The molecule has 0 spiro atoms. The van der Waals surface area contributed by atoms with Gasteiger partial charge in [-0.1, -0.05) is 6.07 Å². The molecule has 7 nitrogen and oxygen atoms in total. The number of nitrogens with zero attached hydrogens (tertiary/aromatic N) is 3. The Kier molecular flexibility index (Phi) is 3.74. The first kappa shape index (κ1) is 13.8. The van der Waals surface area contributed by atoms with Crippen molar-refractivity contribution in [2.45, 2.75) is 31.8 Å². The minimum absolute atomic E-state index is 0.0651. The molecular formula is C14H19N5O2. The van der Waals surface area contributed by atoms with Gasteiger partial charge in [0.25, 0.3) is 0 Å². The maximum Gasteiger partial charge on any atom is 0.350 e. The second kappa shape index (κ2) is 5.69. The maximum absolute atomic E-state index is 12.0. The summed E-state index contributed by atoms with van der Waals surface area (Å²) in [6, 6.07) is 5.42. The first-order valence-electron chi connectivity index (χ1n) is 7.22. The molecule has 1 atom stereocenters. The molecule has 0 bridgehead atoms. The fourth-order valence-corrected chi connectivity index (χ4v) is 2.47.